The molecular formula is C31H35Cl2N5O4. The predicted molar refractivity (Wildman–Crippen MR) is 168 cm³/mol. The lowest BCUT2D eigenvalue weighted by Crippen LogP contribution is -2.41. The van der Waals surface area contributed by atoms with Gasteiger partial charge >= 0.3 is 6.03 Å². The molecule has 11 heteroatoms. The fourth-order valence-corrected chi connectivity index (χ4v) is 4.38. The van der Waals surface area contributed by atoms with Crippen molar-refractivity contribution in [3.8, 4) is 17.1 Å². The molecule has 3 aromatic carbocycles. The number of rotatable bonds is 7. The zero-order valence-electron chi connectivity index (χ0n) is 23.9. The topological polar surface area (TPSA) is 122 Å². The zero-order valence-corrected chi connectivity index (χ0v) is 25.5. The molecule has 1 aromatic heterocycles. The van der Waals surface area contributed by atoms with Crippen molar-refractivity contribution in [3.05, 3.63) is 100 Å². The summed E-state index contributed by atoms with van der Waals surface area (Å²) in [4.78, 5) is 39.0. The molecular weight excluding hydrogens is 577 g/mol. The number of carbonyl (C=O) groups excluding carboxylic acids is 3. The standard InChI is InChI=1S/C28H28Cl2N4O2.C2H4O.CH3NO/c1-19(21-10-8-20(9-11-21)16-17-35)34(28(36)32(2)3)26-18-33(23-14-12-22(29)13-15-23)27(31-26)24-6-4-5-7-25(24)30;1-2-3;2-1-3/h4-15,18-19,35H,16-17H2,1-3H3;2H,1H3;1H,(H2,2,3). The maximum atomic E-state index is 13.5. The molecule has 0 saturated heterocycles. The van der Waals surface area contributed by atoms with Gasteiger partial charge in [0.2, 0.25) is 6.41 Å². The molecule has 0 saturated carbocycles. The first kappa shape index (κ1) is 34.0. The number of benzene rings is 3. The highest BCUT2D eigenvalue weighted by Gasteiger charge is 2.29. The number of nitrogens with two attached hydrogens (primary N) is 1. The molecule has 0 aliphatic rings. The van der Waals surface area contributed by atoms with E-state index >= 15 is 0 Å². The van der Waals surface area contributed by atoms with E-state index < -0.39 is 0 Å². The van der Waals surface area contributed by atoms with Gasteiger partial charge in [-0.3, -0.25) is 14.3 Å². The first-order chi connectivity index (χ1) is 20.1. The van der Waals surface area contributed by atoms with Crippen molar-refractivity contribution in [1.29, 1.82) is 0 Å². The summed E-state index contributed by atoms with van der Waals surface area (Å²) in [5, 5.41) is 10.4. The number of primary amides is 1. The normalized spacial score (nSPS) is 10.7. The molecule has 4 aromatic rings. The summed E-state index contributed by atoms with van der Waals surface area (Å²) in [7, 11) is 3.44. The van der Waals surface area contributed by atoms with Gasteiger partial charge in [0.15, 0.2) is 5.82 Å². The number of aromatic nitrogens is 2. The van der Waals surface area contributed by atoms with Gasteiger partial charge in [-0.2, -0.15) is 0 Å². The Kier molecular flexibility index (Phi) is 13.7. The molecule has 3 amide bonds. The van der Waals surface area contributed by atoms with Gasteiger partial charge in [-0.05, 0) is 67.8 Å². The third-order valence-electron chi connectivity index (χ3n) is 6.00. The lowest BCUT2D eigenvalue weighted by Gasteiger charge is -2.30. The van der Waals surface area contributed by atoms with Crippen molar-refractivity contribution in [3.63, 3.8) is 0 Å². The van der Waals surface area contributed by atoms with Crippen LogP contribution < -0.4 is 10.6 Å². The Bertz CT molecular complexity index is 1430. The Morgan fingerprint density at radius 1 is 1.02 bits per heavy atom. The van der Waals surface area contributed by atoms with Crippen molar-refractivity contribution >= 4 is 47.7 Å². The molecule has 42 heavy (non-hydrogen) atoms. The third kappa shape index (κ3) is 8.91. The molecule has 0 spiro atoms. The van der Waals surface area contributed by atoms with Crippen molar-refractivity contribution in [2.75, 3.05) is 25.6 Å². The fraction of sp³-hybridized carbons (Fsp3) is 0.226. The fourth-order valence-electron chi connectivity index (χ4n) is 4.03. The van der Waals surface area contributed by atoms with E-state index in [1.807, 2.05) is 90.5 Å². The summed E-state index contributed by atoms with van der Waals surface area (Å²) in [6.07, 6.45) is 3.43. The van der Waals surface area contributed by atoms with Crippen LogP contribution in [0.25, 0.3) is 17.1 Å². The van der Waals surface area contributed by atoms with Gasteiger partial charge in [0.25, 0.3) is 0 Å². The molecule has 1 atom stereocenters. The van der Waals surface area contributed by atoms with E-state index in [2.05, 4.69) is 5.73 Å². The van der Waals surface area contributed by atoms with Gasteiger partial charge < -0.3 is 20.5 Å². The van der Waals surface area contributed by atoms with Gasteiger partial charge in [0.1, 0.15) is 12.1 Å². The Hall–Kier alpha value is -4.18. The second-order valence-corrected chi connectivity index (χ2v) is 9.90. The van der Waals surface area contributed by atoms with E-state index in [4.69, 9.17) is 37.8 Å². The number of aliphatic hydroxyl groups excluding tert-OH is 1. The summed E-state index contributed by atoms with van der Waals surface area (Å²) in [5.74, 6) is 1.10. The maximum absolute atomic E-state index is 13.5. The van der Waals surface area contributed by atoms with Gasteiger partial charge in [0, 0.05) is 37.0 Å². The van der Waals surface area contributed by atoms with E-state index in [-0.39, 0.29) is 25.1 Å². The summed E-state index contributed by atoms with van der Waals surface area (Å²) in [6, 6.07) is 22.3. The Morgan fingerprint density at radius 3 is 2.12 bits per heavy atom. The molecule has 3 N–H and O–H groups in total. The molecule has 0 aliphatic heterocycles. The average molecular weight is 613 g/mol. The summed E-state index contributed by atoms with van der Waals surface area (Å²) >= 11 is 12.7. The first-order valence-corrected chi connectivity index (χ1v) is 13.7. The highest BCUT2D eigenvalue weighted by Crippen LogP contribution is 2.35. The number of amides is 3. The predicted octanol–water partition coefficient (Wildman–Crippen LogP) is 5.94. The molecule has 9 nitrogen and oxygen atoms in total. The number of hydrogen-bond acceptors (Lipinski definition) is 5. The second kappa shape index (κ2) is 16.9. The number of aldehydes is 1. The van der Waals surface area contributed by atoms with Gasteiger partial charge in [-0.15, -0.1) is 0 Å². The van der Waals surface area contributed by atoms with Crippen LogP contribution in [0.3, 0.4) is 0 Å². The highest BCUT2D eigenvalue weighted by molar-refractivity contribution is 6.33. The average Bonchev–Trinajstić information content (AvgIpc) is 3.39. The van der Waals surface area contributed by atoms with Gasteiger partial charge in [0.05, 0.1) is 17.3 Å². The minimum Gasteiger partial charge on any atom is -0.396 e. The molecule has 0 bridgehead atoms. The molecule has 1 heterocycles. The van der Waals surface area contributed by atoms with Crippen LogP contribution in [0, 0.1) is 0 Å². The minimum absolute atomic E-state index is 0.0904. The molecule has 0 radical (unpaired) electrons. The van der Waals surface area contributed by atoms with Crippen LogP contribution in [0.4, 0.5) is 10.6 Å². The van der Waals surface area contributed by atoms with Crippen molar-refractivity contribution in [1.82, 2.24) is 14.5 Å². The number of aliphatic hydroxyl groups is 1. The molecule has 0 fully saturated rings. The number of carbonyl (C=O) groups is 3. The number of urea groups is 1. The number of halogens is 2. The van der Waals surface area contributed by atoms with Crippen LogP contribution in [0.15, 0.2) is 79.0 Å². The van der Waals surface area contributed by atoms with Crippen molar-refractivity contribution in [2.24, 2.45) is 5.73 Å². The summed E-state index contributed by atoms with van der Waals surface area (Å²) < 4.78 is 1.92. The van der Waals surface area contributed by atoms with Gasteiger partial charge in [-0.1, -0.05) is 59.6 Å². The van der Waals surface area contributed by atoms with E-state index in [9.17, 15) is 9.90 Å². The Labute approximate surface area is 256 Å². The summed E-state index contributed by atoms with van der Waals surface area (Å²) in [6.45, 7) is 3.51. The Balaban J connectivity index is 0.000000946. The highest BCUT2D eigenvalue weighted by atomic mass is 35.5. The van der Waals surface area contributed by atoms with E-state index in [0.29, 0.717) is 28.1 Å². The van der Waals surface area contributed by atoms with E-state index in [0.717, 1.165) is 28.7 Å². The van der Waals surface area contributed by atoms with Crippen LogP contribution in [0.1, 0.15) is 31.0 Å². The van der Waals surface area contributed by atoms with E-state index in [1.54, 1.807) is 19.0 Å². The van der Waals surface area contributed by atoms with E-state index in [1.165, 1.54) is 11.8 Å². The van der Waals surface area contributed by atoms with Crippen LogP contribution in [-0.4, -0.2) is 59.0 Å². The van der Waals surface area contributed by atoms with Crippen molar-refractivity contribution < 1.29 is 19.5 Å². The van der Waals surface area contributed by atoms with Gasteiger partial charge in [-0.25, -0.2) is 9.78 Å². The number of imidazole rings is 1. The Morgan fingerprint density at radius 2 is 1.60 bits per heavy atom. The lowest BCUT2D eigenvalue weighted by atomic mass is 10.0. The monoisotopic (exact) mass is 611 g/mol. The van der Waals surface area contributed by atoms with Crippen LogP contribution in [0.5, 0.6) is 0 Å². The number of anilines is 1. The number of nitrogens with zero attached hydrogens (tertiary/aromatic N) is 4. The summed E-state index contributed by atoms with van der Waals surface area (Å²) in [5.41, 5.74) is 7.74. The van der Waals surface area contributed by atoms with Crippen LogP contribution >= 0.6 is 23.2 Å². The van der Waals surface area contributed by atoms with Crippen LogP contribution in [-0.2, 0) is 16.0 Å². The smallest absolute Gasteiger partial charge is 0.325 e. The molecule has 222 valence electrons. The minimum atomic E-state index is -0.310. The lowest BCUT2D eigenvalue weighted by molar-refractivity contribution is -0.107. The quantitative estimate of drug-likeness (QED) is 0.251. The first-order valence-electron chi connectivity index (χ1n) is 13.0. The number of hydrogen-bond donors (Lipinski definition) is 2. The third-order valence-corrected chi connectivity index (χ3v) is 6.58. The maximum Gasteiger partial charge on any atom is 0.325 e. The second-order valence-electron chi connectivity index (χ2n) is 9.06. The van der Waals surface area contributed by atoms with Crippen molar-refractivity contribution in [2.45, 2.75) is 26.3 Å². The molecule has 0 aliphatic carbocycles. The van der Waals surface area contributed by atoms with Crippen LogP contribution in [0.2, 0.25) is 10.0 Å². The molecule has 1 unspecified atom stereocenters. The SMILES string of the molecule is CC(c1ccc(CCO)cc1)N(C(=O)N(C)C)c1cn(-c2ccc(Cl)cc2)c(-c2ccccc2Cl)n1.CC=O.NC=O. The largest absolute Gasteiger partial charge is 0.396 e. The molecule has 4 rings (SSSR count). The zero-order chi connectivity index (χ0) is 31.2.